The molecule has 0 atom stereocenters. The summed E-state index contributed by atoms with van der Waals surface area (Å²) in [6.07, 6.45) is 3.12. The molecule has 1 aromatic heterocycles. The van der Waals surface area contributed by atoms with Crippen LogP contribution in [-0.2, 0) is 6.54 Å². The summed E-state index contributed by atoms with van der Waals surface area (Å²) >= 11 is 5.71. The summed E-state index contributed by atoms with van der Waals surface area (Å²) in [5.41, 5.74) is 0.750. The van der Waals surface area contributed by atoms with Crippen LogP contribution in [0.4, 0.5) is 5.69 Å². The first-order valence-corrected chi connectivity index (χ1v) is 5.80. The second kappa shape index (κ2) is 5.10. The Labute approximate surface area is 109 Å². The van der Waals surface area contributed by atoms with E-state index < -0.39 is 0 Å². The van der Waals surface area contributed by atoms with Crippen LogP contribution in [0.1, 0.15) is 17.3 Å². The third kappa shape index (κ3) is 2.62. The first kappa shape index (κ1) is 12.4. The summed E-state index contributed by atoms with van der Waals surface area (Å²) in [6, 6.07) is 4.50. The number of nitrogens with one attached hydrogen (secondary N) is 1. The van der Waals surface area contributed by atoms with E-state index in [4.69, 9.17) is 11.6 Å². The predicted octanol–water partition coefficient (Wildman–Crippen LogP) is 2.51. The highest BCUT2D eigenvalue weighted by atomic mass is 35.5. The number of hydrogen-bond acceptors (Lipinski definition) is 3. The summed E-state index contributed by atoms with van der Waals surface area (Å²) in [7, 11) is 0. The standard InChI is InChI=1S/C12H12ClN3O2/c1-2-16-7-8(6-14-16)12(18)15-10-4-3-9(13)5-11(10)17/h3-7,17H,2H2,1H3,(H,15,18). The fourth-order valence-electron chi connectivity index (χ4n) is 1.46. The Bertz CT molecular complexity index is 580. The van der Waals surface area contributed by atoms with Crippen LogP contribution in [0, 0.1) is 0 Å². The minimum atomic E-state index is -0.327. The zero-order chi connectivity index (χ0) is 13.1. The summed E-state index contributed by atoms with van der Waals surface area (Å²) in [5, 5.41) is 16.6. The topological polar surface area (TPSA) is 67.2 Å². The number of carbonyl (C=O) groups is 1. The van der Waals surface area contributed by atoms with Crippen molar-refractivity contribution in [1.29, 1.82) is 0 Å². The maximum absolute atomic E-state index is 11.9. The lowest BCUT2D eigenvalue weighted by molar-refractivity contribution is 0.102. The van der Waals surface area contributed by atoms with Gasteiger partial charge >= 0.3 is 0 Å². The van der Waals surface area contributed by atoms with Crippen molar-refractivity contribution in [3.63, 3.8) is 0 Å². The third-order valence-electron chi connectivity index (χ3n) is 2.43. The molecule has 0 unspecified atom stereocenters. The van der Waals surface area contributed by atoms with Crippen LogP contribution >= 0.6 is 11.6 Å². The number of aryl methyl sites for hydroxylation is 1. The highest BCUT2D eigenvalue weighted by molar-refractivity contribution is 6.30. The second-order valence-electron chi connectivity index (χ2n) is 3.70. The van der Waals surface area contributed by atoms with Crippen LogP contribution in [-0.4, -0.2) is 20.8 Å². The number of benzene rings is 1. The number of hydrogen-bond donors (Lipinski definition) is 2. The molecule has 0 bridgehead atoms. The highest BCUT2D eigenvalue weighted by Crippen LogP contribution is 2.26. The highest BCUT2D eigenvalue weighted by Gasteiger charge is 2.11. The Kier molecular flexibility index (Phi) is 3.53. The number of phenols is 1. The SMILES string of the molecule is CCn1cc(C(=O)Nc2ccc(Cl)cc2O)cn1. The monoisotopic (exact) mass is 265 g/mol. The van der Waals surface area contributed by atoms with E-state index in [-0.39, 0.29) is 11.7 Å². The quantitative estimate of drug-likeness (QED) is 0.838. The predicted molar refractivity (Wildman–Crippen MR) is 69.0 cm³/mol. The largest absolute Gasteiger partial charge is 0.506 e. The van der Waals surface area contributed by atoms with Gasteiger partial charge in [0.15, 0.2) is 0 Å². The van der Waals surface area contributed by atoms with Crippen molar-refractivity contribution >= 4 is 23.2 Å². The van der Waals surface area contributed by atoms with Gasteiger partial charge in [0.2, 0.25) is 0 Å². The molecule has 0 radical (unpaired) electrons. The van der Waals surface area contributed by atoms with Crippen molar-refractivity contribution in [2.45, 2.75) is 13.5 Å². The maximum atomic E-state index is 11.9. The number of phenolic OH excluding ortho intramolecular Hbond substituents is 1. The molecule has 0 aliphatic rings. The molecule has 0 aliphatic heterocycles. The Balaban J connectivity index is 2.16. The fourth-order valence-corrected chi connectivity index (χ4v) is 1.63. The number of aromatic nitrogens is 2. The molecule has 0 saturated heterocycles. The molecule has 18 heavy (non-hydrogen) atoms. The average Bonchev–Trinajstić information content (AvgIpc) is 2.81. The van der Waals surface area contributed by atoms with Crippen molar-refractivity contribution in [3.8, 4) is 5.75 Å². The summed E-state index contributed by atoms with van der Waals surface area (Å²) in [6.45, 7) is 2.62. The number of aromatic hydroxyl groups is 1. The van der Waals surface area contributed by atoms with E-state index >= 15 is 0 Å². The van der Waals surface area contributed by atoms with Crippen molar-refractivity contribution < 1.29 is 9.90 Å². The molecule has 0 saturated carbocycles. The van der Waals surface area contributed by atoms with E-state index in [1.165, 1.54) is 12.3 Å². The summed E-state index contributed by atoms with van der Waals surface area (Å²) < 4.78 is 1.65. The van der Waals surface area contributed by atoms with Crippen LogP contribution in [0.2, 0.25) is 5.02 Å². The Morgan fingerprint density at radius 1 is 1.56 bits per heavy atom. The lowest BCUT2D eigenvalue weighted by atomic mass is 10.2. The summed E-state index contributed by atoms with van der Waals surface area (Å²) in [5.74, 6) is -0.397. The van der Waals surface area contributed by atoms with Crippen molar-refractivity contribution in [1.82, 2.24) is 9.78 Å². The van der Waals surface area contributed by atoms with E-state index in [0.717, 1.165) is 0 Å². The molecule has 6 heteroatoms. The van der Waals surface area contributed by atoms with Crippen LogP contribution in [0.3, 0.4) is 0 Å². The lowest BCUT2D eigenvalue weighted by Gasteiger charge is -2.06. The molecule has 5 nitrogen and oxygen atoms in total. The van der Waals surface area contributed by atoms with Gasteiger partial charge in [-0.1, -0.05) is 11.6 Å². The van der Waals surface area contributed by atoms with Gasteiger partial charge in [0, 0.05) is 23.8 Å². The maximum Gasteiger partial charge on any atom is 0.258 e. The van der Waals surface area contributed by atoms with E-state index in [1.54, 1.807) is 23.0 Å². The summed E-state index contributed by atoms with van der Waals surface area (Å²) in [4.78, 5) is 11.9. The molecule has 2 N–H and O–H groups in total. The van der Waals surface area contributed by atoms with Crippen LogP contribution in [0.15, 0.2) is 30.6 Å². The minimum Gasteiger partial charge on any atom is -0.506 e. The molecular weight excluding hydrogens is 254 g/mol. The first-order chi connectivity index (χ1) is 8.60. The average molecular weight is 266 g/mol. The van der Waals surface area contributed by atoms with Gasteiger partial charge in [0.1, 0.15) is 5.75 Å². The number of amides is 1. The molecule has 1 amide bonds. The van der Waals surface area contributed by atoms with Crippen molar-refractivity contribution in [3.05, 3.63) is 41.2 Å². The molecule has 0 aliphatic carbocycles. The number of halogens is 1. The van der Waals surface area contributed by atoms with Gasteiger partial charge in [-0.3, -0.25) is 9.48 Å². The Morgan fingerprint density at radius 2 is 2.33 bits per heavy atom. The Hall–Kier alpha value is -2.01. The first-order valence-electron chi connectivity index (χ1n) is 5.42. The zero-order valence-corrected chi connectivity index (χ0v) is 10.5. The van der Waals surface area contributed by atoms with E-state index in [0.29, 0.717) is 22.8 Å². The number of carbonyl (C=O) groups excluding carboxylic acids is 1. The molecule has 1 aromatic carbocycles. The second-order valence-corrected chi connectivity index (χ2v) is 4.14. The lowest BCUT2D eigenvalue weighted by Crippen LogP contribution is -2.11. The molecular formula is C12H12ClN3O2. The third-order valence-corrected chi connectivity index (χ3v) is 2.66. The molecule has 2 aromatic rings. The van der Waals surface area contributed by atoms with E-state index in [2.05, 4.69) is 10.4 Å². The molecule has 0 fully saturated rings. The Morgan fingerprint density at radius 3 is 2.94 bits per heavy atom. The fraction of sp³-hybridized carbons (Fsp3) is 0.167. The number of anilines is 1. The van der Waals surface area contributed by atoms with Gasteiger partial charge in [-0.15, -0.1) is 0 Å². The van der Waals surface area contributed by atoms with Gasteiger partial charge in [-0.2, -0.15) is 5.10 Å². The normalized spacial score (nSPS) is 10.3. The van der Waals surface area contributed by atoms with E-state index in [9.17, 15) is 9.90 Å². The zero-order valence-electron chi connectivity index (χ0n) is 9.72. The van der Waals surface area contributed by atoms with Gasteiger partial charge < -0.3 is 10.4 Å². The van der Waals surface area contributed by atoms with Gasteiger partial charge in [0.25, 0.3) is 5.91 Å². The van der Waals surface area contributed by atoms with Gasteiger partial charge in [-0.05, 0) is 19.1 Å². The van der Waals surface area contributed by atoms with Crippen LogP contribution < -0.4 is 5.32 Å². The smallest absolute Gasteiger partial charge is 0.258 e. The van der Waals surface area contributed by atoms with Gasteiger partial charge in [0.05, 0.1) is 17.4 Å². The molecule has 0 spiro atoms. The van der Waals surface area contributed by atoms with Crippen LogP contribution in [0.5, 0.6) is 5.75 Å². The number of rotatable bonds is 3. The molecule has 2 rings (SSSR count). The molecule has 1 heterocycles. The molecule has 94 valence electrons. The number of nitrogens with zero attached hydrogens (tertiary/aromatic N) is 2. The van der Waals surface area contributed by atoms with Crippen molar-refractivity contribution in [2.24, 2.45) is 0 Å². The van der Waals surface area contributed by atoms with Crippen LogP contribution in [0.25, 0.3) is 0 Å². The van der Waals surface area contributed by atoms with Gasteiger partial charge in [-0.25, -0.2) is 0 Å². The van der Waals surface area contributed by atoms with E-state index in [1.807, 2.05) is 6.92 Å². The minimum absolute atomic E-state index is 0.0706. The van der Waals surface area contributed by atoms with Crippen molar-refractivity contribution in [2.75, 3.05) is 5.32 Å².